The molecule has 21 heavy (non-hydrogen) atoms. The first-order valence-corrected chi connectivity index (χ1v) is 6.82. The smallest absolute Gasteiger partial charge is 0.417 e. The molecule has 1 heterocycles. The maximum atomic E-state index is 12.5. The molecule has 1 N–H and O–H groups in total. The highest BCUT2D eigenvalue weighted by molar-refractivity contribution is 9.10. The van der Waals surface area contributed by atoms with Gasteiger partial charge in [0.15, 0.2) is 0 Å². The van der Waals surface area contributed by atoms with Gasteiger partial charge in [0, 0.05) is 18.3 Å². The number of halogens is 6. The number of alkyl halides is 3. The molecular formula is C12H5BrCl2F3NO2. The Bertz CT molecular complexity index is 695. The van der Waals surface area contributed by atoms with E-state index in [4.69, 9.17) is 27.9 Å². The fourth-order valence-electron chi connectivity index (χ4n) is 1.36. The zero-order valence-corrected chi connectivity index (χ0v) is 13.0. The van der Waals surface area contributed by atoms with Crippen LogP contribution in [0.25, 0.3) is 0 Å². The van der Waals surface area contributed by atoms with Crippen molar-refractivity contribution in [2.24, 2.45) is 0 Å². The number of pyridine rings is 1. The third kappa shape index (κ3) is 3.72. The second-order valence-corrected chi connectivity index (χ2v) is 5.51. The minimum absolute atomic E-state index is 0.00223. The lowest BCUT2D eigenvalue weighted by atomic mass is 10.3. The molecule has 0 saturated heterocycles. The molecule has 3 nitrogen and oxygen atoms in total. The Morgan fingerprint density at radius 2 is 1.81 bits per heavy atom. The summed E-state index contributed by atoms with van der Waals surface area (Å²) in [5, 5.41) is 9.37. The van der Waals surface area contributed by atoms with Crippen molar-refractivity contribution in [2.45, 2.75) is 6.18 Å². The molecule has 1 aromatic carbocycles. The van der Waals surface area contributed by atoms with Crippen LogP contribution in [-0.2, 0) is 6.18 Å². The number of hydrogen-bond acceptors (Lipinski definition) is 3. The highest BCUT2D eigenvalue weighted by Crippen LogP contribution is 2.39. The average Bonchev–Trinajstić information content (AvgIpc) is 2.36. The molecule has 2 aromatic rings. The summed E-state index contributed by atoms with van der Waals surface area (Å²) >= 11 is 14.5. The number of hydrogen-bond donors (Lipinski definition) is 1. The van der Waals surface area contributed by atoms with E-state index in [9.17, 15) is 18.3 Å². The predicted octanol–water partition coefficient (Wildman–Crippen LogP) is 5.67. The quantitative estimate of drug-likeness (QED) is 0.703. The number of nitrogens with zero attached hydrogens (tertiary/aromatic N) is 1. The van der Waals surface area contributed by atoms with E-state index in [2.05, 4.69) is 20.9 Å². The van der Waals surface area contributed by atoms with Crippen LogP contribution in [0.4, 0.5) is 13.2 Å². The maximum Gasteiger partial charge on any atom is 0.417 e. The number of rotatable bonds is 2. The minimum atomic E-state index is -4.51. The van der Waals surface area contributed by atoms with Crippen LogP contribution in [0.15, 0.2) is 28.9 Å². The molecule has 9 heteroatoms. The molecule has 0 amide bonds. The van der Waals surface area contributed by atoms with Crippen LogP contribution in [0.1, 0.15) is 5.56 Å². The van der Waals surface area contributed by atoms with Gasteiger partial charge in [0.05, 0.1) is 20.1 Å². The molecule has 0 bridgehead atoms. The Balaban J connectivity index is 2.35. The molecule has 0 radical (unpaired) electrons. The van der Waals surface area contributed by atoms with Crippen molar-refractivity contribution in [1.82, 2.24) is 4.98 Å². The molecule has 112 valence electrons. The molecule has 0 aliphatic rings. The van der Waals surface area contributed by atoms with Gasteiger partial charge in [-0.05, 0) is 22.0 Å². The minimum Gasteiger partial charge on any atom is -0.506 e. The van der Waals surface area contributed by atoms with E-state index >= 15 is 0 Å². The summed E-state index contributed by atoms with van der Waals surface area (Å²) in [6.07, 6.45) is -3.87. The van der Waals surface area contributed by atoms with E-state index < -0.39 is 11.7 Å². The third-order valence-electron chi connectivity index (χ3n) is 2.34. The largest absolute Gasteiger partial charge is 0.506 e. The summed E-state index contributed by atoms with van der Waals surface area (Å²) < 4.78 is 42.8. The fraction of sp³-hybridized carbons (Fsp3) is 0.0833. The summed E-state index contributed by atoms with van der Waals surface area (Å²) in [6, 6.07) is 3.21. The number of aromatic hydroxyl groups is 1. The summed E-state index contributed by atoms with van der Waals surface area (Å²) in [5.74, 6) is -0.312. The zero-order valence-electron chi connectivity index (χ0n) is 9.88. The number of ether oxygens (including phenoxy) is 1. The molecule has 0 unspecified atom stereocenters. The van der Waals surface area contributed by atoms with Gasteiger partial charge in [-0.25, -0.2) is 4.98 Å². The SMILES string of the molecule is Oc1cc(Cl)c(Oc2ncc(C(F)(F)F)cc2Br)cc1Cl. The highest BCUT2D eigenvalue weighted by atomic mass is 79.9. The lowest BCUT2D eigenvalue weighted by molar-refractivity contribution is -0.137. The molecule has 0 aliphatic heterocycles. The summed E-state index contributed by atoms with van der Waals surface area (Å²) in [5.41, 5.74) is -0.920. The van der Waals surface area contributed by atoms with E-state index in [-0.39, 0.29) is 31.9 Å². The van der Waals surface area contributed by atoms with Crippen LogP contribution in [-0.4, -0.2) is 10.1 Å². The molecule has 0 atom stereocenters. The Morgan fingerprint density at radius 1 is 1.14 bits per heavy atom. The van der Waals surface area contributed by atoms with Crippen LogP contribution in [0, 0.1) is 0 Å². The third-order valence-corrected chi connectivity index (χ3v) is 3.51. The van der Waals surface area contributed by atoms with Crippen LogP contribution in [0.3, 0.4) is 0 Å². The molecule has 0 spiro atoms. The molecule has 0 saturated carbocycles. The van der Waals surface area contributed by atoms with Gasteiger partial charge in [0.2, 0.25) is 5.88 Å². The van der Waals surface area contributed by atoms with E-state index in [1.165, 1.54) is 6.07 Å². The topological polar surface area (TPSA) is 42.4 Å². The van der Waals surface area contributed by atoms with Gasteiger partial charge >= 0.3 is 6.18 Å². The van der Waals surface area contributed by atoms with Crippen molar-refractivity contribution < 1.29 is 23.0 Å². The van der Waals surface area contributed by atoms with E-state index in [0.717, 1.165) is 12.1 Å². The van der Waals surface area contributed by atoms with Crippen molar-refractivity contribution >= 4 is 39.1 Å². The van der Waals surface area contributed by atoms with E-state index in [1.807, 2.05) is 0 Å². The van der Waals surface area contributed by atoms with Gasteiger partial charge < -0.3 is 9.84 Å². The Morgan fingerprint density at radius 3 is 2.38 bits per heavy atom. The molecule has 1 aromatic heterocycles. The maximum absolute atomic E-state index is 12.5. The first kappa shape index (κ1) is 16.2. The first-order chi connectivity index (χ1) is 9.68. The number of phenols is 1. The normalized spacial score (nSPS) is 11.5. The summed E-state index contributed by atoms with van der Waals surface area (Å²) in [4.78, 5) is 3.58. The highest BCUT2D eigenvalue weighted by Gasteiger charge is 2.31. The van der Waals surface area contributed by atoms with Crippen LogP contribution >= 0.6 is 39.1 Å². The van der Waals surface area contributed by atoms with Crippen molar-refractivity contribution in [3.63, 3.8) is 0 Å². The van der Waals surface area contributed by atoms with Gasteiger partial charge in [-0.3, -0.25) is 0 Å². The van der Waals surface area contributed by atoms with Crippen molar-refractivity contribution in [3.8, 4) is 17.4 Å². The van der Waals surface area contributed by atoms with E-state index in [0.29, 0.717) is 6.20 Å². The number of benzene rings is 1. The standard InChI is InChI=1S/C12H5BrCl2F3NO2/c13-6-1-5(12(16,17)18)4-19-11(6)21-10-3-7(14)9(20)2-8(10)15/h1-4,20H. The number of aromatic nitrogens is 1. The van der Waals surface area contributed by atoms with E-state index in [1.54, 1.807) is 0 Å². The van der Waals surface area contributed by atoms with Gasteiger partial charge in [0.25, 0.3) is 0 Å². The summed E-state index contributed by atoms with van der Waals surface area (Å²) in [6.45, 7) is 0. The van der Waals surface area contributed by atoms with Gasteiger partial charge in [-0.1, -0.05) is 23.2 Å². The average molecular weight is 403 g/mol. The second-order valence-electron chi connectivity index (χ2n) is 3.84. The monoisotopic (exact) mass is 401 g/mol. The van der Waals surface area contributed by atoms with Crippen LogP contribution in [0.5, 0.6) is 17.4 Å². The Kier molecular flexibility index (Phi) is 4.55. The lowest BCUT2D eigenvalue weighted by Crippen LogP contribution is -2.05. The van der Waals surface area contributed by atoms with Crippen molar-refractivity contribution in [1.29, 1.82) is 0 Å². The van der Waals surface area contributed by atoms with Crippen LogP contribution < -0.4 is 4.74 Å². The zero-order chi connectivity index (χ0) is 15.8. The van der Waals surface area contributed by atoms with Gasteiger partial charge in [0.1, 0.15) is 11.5 Å². The Labute approximate surface area is 135 Å². The molecule has 0 fully saturated rings. The molecule has 0 aliphatic carbocycles. The molecule has 2 rings (SSSR count). The number of phenolic OH excluding ortho intramolecular Hbond substituents is 1. The fourth-order valence-corrected chi connectivity index (χ4v) is 2.14. The summed E-state index contributed by atoms with van der Waals surface area (Å²) in [7, 11) is 0. The molecular weight excluding hydrogens is 398 g/mol. The Hall–Kier alpha value is -1.18. The predicted molar refractivity (Wildman–Crippen MR) is 75.1 cm³/mol. The van der Waals surface area contributed by atoms with Gasteiger partial charge in [-0.15, -0.1) is 0 Å². The lowest BCUT2D eigenvalue weighted by Gasteiger charge is -2.11. The van der Waals surface area contributed by atoms with Crippen LogP contribution in [0.2, 0.25) is 10.0 Å². The van der Waals surface area contributed by atoms with Gasteiger partial charge in [-0.2, -0.15) is 13.2 Å². The second kappa shape index (κ2) is 5.90. The first-order valence-electron chi connectivity index (χ1n) is 5.27. The van der Waals surface area contributed by atoms with Crippen molar-refractivity contribution in [2.75, 3.05) is 0 Å². The van der Waals surface area contributed by atoms with Crippen molar-refractivity contribution in [3.05, 3.63) is 44.5 Å².